The molecular weight excluding hydrogens is 230 g/mol. The van der Waals surface area contributed by atoms with Gasteiger partial charge >= 0.3 is 0 Å². The van der Waals surface area contributed by atoms with Gasteiger partial charge in [-0.2, -0.15) is 5.26 Å². The Hall–Kier alpha value is -0.890. The van der Waals surface area contributed by atoms with Crippen molar-refractivity contribution in [1.29, 1.82) is 5.26 Å². The molecule has 1 aromatic carbocycles. The normalized spacial score (nSPS) is 14.6. The smallest absolute Gasteiger partial charge is 0.141 e. The van der Waals surface area contributed by atoms with Crippen LogP contribution in [0.25, 0.3) is 0 Å². The van der Waals surface area contributed by atoms with E-state index in [1.54, 1.807) is 6.92 Å². The summed E-state index contributed by atoms with van der Waals surface area (Å²) in [6.45, 7) is 1.73. The molecule has 0 aliphatic rings. The zero-order valence-corrected chi connectivity index (χ0v) is 8.80. The molecule has 3 N–H and O–H groups in total. The van der Waals surface area contributed by atoms with Crippen LogP contribution in [-0.4, -0.2) is 0 Å². The maximum atomic E-state index is 8.90. The van der Waals surface area contributed by atoms with Gasteiger partial charge in [0.25, 0.3) is 0 Å². The second-order valence-electron chi connectivity index (χ2n) is 2.89. The monoisotopic (exact) mass is 239 g/mol. The first kappa shape index (κ1) is 10.2. The first-order valence-electron chi connectivity index (χ1n) is 3.77. The molecule has 1 aromatic rings. The third-order valence-electron chi connectivity index (χ3n) is 1.93. The fraction of sp³-hybridized carbons (Fsp3) is 0.222. The van der Waals surface area contributed by atoms with Crippen LogP contribution < -0.4 is 11.3 Å². The number of hydrogen-bond acceptors (Lipinski definition) is 3. The highest BCUT2D eigenvalue weighted by molar-refractivity contribution is 9.10. The molecule has 0 saturated heterocycles. The van der Waals surface area contributed by atoms with Gasteiger partial charge in [0.05, 0.1) is 6.07 Å². The molecule has 0 saturated carbocycles. The Bertz CT molecular complexity index is 328. The van der Waals surface area contributed by atoms with E-state index in [0.717, 1.165) is 10.0 Å². The summed E-state index contributed by atoms with van der Waals surface area (Å²) in [5.41, 5.74) is 2.52. The van der Waals surface area contributed by atoms with Crippen LogP contribution in [0.3, 0.4) is 0 Å². The third kappa shape index (κ3) is 2.07. The first-order valence-corrected chi connectivity index (χ1v) is 4.57. The summed E-state index contributed by atoms with van der Waals surface area (Å²) in [4.78, 5) is 0. The molecule has 0 radical (unpaired) electrons. The second-order valence-corrected chi connectivity index (χ2v) is 3.80. The number of rotatable bonds is 2. The lowest BCUT2D eigenvalue weighted by Crippen LogP contribution is -2.42. The lowest BCUT2D eigenvalue weighted by molar-refractivity contribution is 0.482. The second kappa shape index (κ2) is 3.88. The predicted octanol–water partition coefficient (Wildman–Crippen LogP) is 1.65. The maximum absolute atomic E-state index is 8.90. The number of hydrogen-bond donors (Lipinski definition) is 2. The number of nitriles is 1. The number of halogens is 1. The summed E-state index contributed by atoms with van der Waals surface area (Å²) in [6, 6.07) is 9.58. The van der Waals surface area contributed by atoms with Crippen LogP contribution in [0.4, 0.5) is 0 Å². The summed E-state index contributed by atoms with van der Waals surface area (Å²) in [5, 5.41) is 8.90. The van der Waals surface area contributed by atoms with Crippen molar-refractivity contribution >= 4 is 15.9 Å². The van der Waals surface area contributed by atoms with E-state index in [-0.39, 0.29) is 0 Å². The van der Waals surface area contributed by atoms with Gasteiger partial charge in [0.15, 0.2) is 0 Å². The summed E-state index contributed by atoms with van der Waals surface area (Å²) in [6.07, 6.45) is 0. The van der Waals surface area contributed by atoms with E-state index in [2.05, 4.69) is 27.4 Å². The molecule has 1 unspecified atom stereocenters. The summed E-state index contributed by atoms with van der Waals surface area (Å²) >= 11 is 3.32. The summed E-state index contributed by atoms with van der Waals surface area (Å²) in [7, 11) is 0. The summed E-state index contributed by atoms with van der Waals surface area (Å²) in [5.74, 6) is 5.30. The Morgan fingerprint density at radius 1 is 1.46 bits per heavy atom. The summed E-state index contributed by atoms with van der Waals surface area (Å²) < 4.78 is 0.980. The third-order valence-corrected chi connectivity index (χ3v) is 2.46. The highest BCUT2D eigenvalue weighted by Crippen LogP contribution is 2.20. The average Bonchev–Trinajstić information content (AvgIpc) is 2.18. The molecule has 3 nitrogen and oxygen atoms in total. The van der Waals surface area contributed by atoms with Crippen molar-refractivity contribution in [2.24, 2.45) is 5.84 Å². The van der Waals surface area contributed by atoms with E-state index in [1.165, 1.54) is 0 Å². The van der Waals surface area contributed by atoms with Crippen molar-refractivity contribution < 1.29 is 0 Å². The highest BCUT2D eigenvalue weighted by atomic mass is 79.9. The minimum absolute atomic E-state index is 0.819. The Balaban J connectivity index is 3.08. The van der Waals surface area contributed by atoms with E-state index in [1.807, 2.05) is 24.3 Å². The van der Waals surface area contributed by atoms with Gasteiger partial charge < -0.3 is 0 Å². The largest absolute Gasteiger partial charge is 0.270 e. The Morgan fingerprint density at radius 2 is 2.00 bits per heavy atom. The van der Waals surface area contributed by atoms with Crippen molar-refractivity contribution in [3.8, 4) is 6.07 Å². The Kier molecular flexibility index (Phi) is 3.04. The molecule has 0 spiro atoms. The van der Waals surface area contributed by atoms with E-state index in [9.17, 15) is 0 Å². The van der Waals surface area contributed by atoms with E-state index >= 15 is 0 Å². The van der Waals surface area contributed by atoms with Gasteiger partial charge in [0.1, 0.15) is 5.54 Å². The molecule has 0 aliphatic carbocycles. The van der Waals surface area contributed by atoms with Gasteiger partial charge in [0, 0.05) is 4.47 Å². The van der Waals surface area contributed by atoms with E-state index in [4.69, 9.17) is 11.1 Å². The fourth-order valence-electron chi connectivity index (χ4n) is 0.963. The zero-order valence-electron chi connectivity index (χ0n) is 7.21. The van der Waals surface area contributed by atoms with Gasteiger partial charge in [-0.3, -0.25) is 5.84 Å². The van der Waals surface area contributed by atoms with Gasteiger partial charge in [-0.15, -0.1) is 0 Å². The Labute approximate surface area is 85.6 Å². The minimum Gasteiger partial charge on any atom is -0.270 e. The molecular formula is C9H10BrN3. The fourth-order valence-corrected chi connectivity index (χ4v) is 1.23. The standard InChI is InChI=1S/C9H10BrN3/c1-9(6-11,13-12)7-2-4-8(10)5-3-7/h2-5,13H,12H2,1H3. The SMILES string of the molecule is CC(C#N)(NN)c1ccc(Br)cc1. The van der Waals surface area contributed by atoms with Crippen LogP contribution in [-0.2, 0) is 5.54 Å². The zero-order chi connectivity index (χ0) is 9.90. The number of benzene rings is 1. The number of hydrazine groups is 1. The molecule has 0 amide bonds. The predicted molar refractivity (Wildman–Crippen MR) is 54.4 cm³/mol. The van der Waals surface area contributed by atoms with Crippen LogP contribution in [0.15, 0.2) is 28.7 Å². The molecule has 0 heterocycles. The van der Waals surface area contributed by atoms with Crippen LogP contribution in [0.5, 0.6) is 0 Å². The maximum Gasteiger partial charge on any atom is 0.141 e. The van der Waals surface area contributed by atoms with Crippen LogP contribution in [0, 0.1) is 11.3 Å². The van der Waals surface area contributed by atoms with Gasteiger partial charge in [-0.25, -0.2) is 5.43 Å². The average molecular weight is 240 g/mol. The molecule has 0 fully saturated rings. The number of nitrogens with one attached hydrogen (secondary N) is 1. The molecule has 1 atom stereocenters. The molecule has 0 aliphatic heterocycles. The lowest BCUT2D eigenvalue weighted by Gasteiger charge is -2.20. The number of nitrogens with two attached hydrogens (primary N) is 1. The topological polar surface area (TPSA) is 61.8 Å². The van der Waals surface area contributed by atoms with Crippen molar-refractivity contribution in [1.82, 2.24) is 5.43 Å². The van der Waals surface area contributed by atoms with Crippen LogP contribution in [0.2, 0.25) is 0 Å². The molecule has 0 aromatic heterocycles. The minimum atomic E-state index is -0.819. The van der Waals surface area contributed by atoms with Crippen LogP contribution >= 0.6 is 15.9 Å². The van der Waals surface area contributed by atoms with Gasteiger partial charge in [-0.05, 0) is 24.6 Å². The molecule has 68 valence electrons. The van der Waals surface area contributed by atoms with Crippen molar-refractivity contribution in [2.75, 3.05) is 0 Å². The quantitative estimate of drug-likeness (QED) is 0.610. The van der Waals surface area contributed by atoms with Crippen molar-refractivity contribution in [3.05, 3.63) is 34.3 Å². The number of nitrogens with zero attached hydrogens (tertiary/aromatic N) is 1. The molecule has 13 heavy (non-hydrogen) atoms. The van der Waals surface area contributed by atoms with Crippen molar-refractivity contribution in [2.45, 2.75) is 12.5 Å². The highest BCUT2D eigenvalue weighted by Gasteiger charge is 2.23. The first-order chi connectivity index (χ1) is 6.12. The lowest BCUT2D eigenvalue weighted by atomic mass is 9.95. The van der Waals surface area contributed by atoms with Gasteiger partial charge in [0.2, 0.25) is 0 Å². The Morgan fingerprint density at radius 3 is 2.38 bits per heavy atom. The van der Waals surface area contributed by atoms with E-state index in [0.29, 0.717) is 0 Å². The van der Waals surface area contributed by atoms with Crippen molar-refractivity contribution in [3.63, 3.8) is 0 Å². The molecule has 0 bridgehead atoms. The molecule has 1 rings (SSSR count). The molecule has 4 heteroatoms. The van der Waals surface area contributed by atoms with Crippen LogP contribution in [0.1, 0.15) is 12.5 Å². The van der Waals surface area contributed by atoms with E-state index < -0.39 is 5.54 Å². The van der Waals surface area contributed by atoms with Gasteiger partial charge in [-0.1, -0.05) is 28.1 Å².